The van der Waals surface area contributed by atoms with E-state index >= 15 is 0 Å². The van der Waals surface area contributed by atoms with Crippen LogP contribution in [0.25, 0.3) is 11.2 Å². The lowest BCUT2D eigenvalue weighted by Crippen LogP contribution is -2.20. The van der Waals surface area contributed by atoms with Crippen LogP contribution in [0.5, 0.6) is 0 Å². The molecule has 1 unspecified atom stereocenters. The Balaban J connectivity index is 1.45. The number of ether oxygens (including phenoxy) is 1. The number of imidazole rings is 1. The van der Waals surface area contributed by atoms with Crippen LogP contribution in [0.4, 0.5) is 17.2 Å². The molecule has 3 aromatic rings. The van der Waals surface area contributed by atoms with E-state index in [1.165, 1.54) is 12.7 Å². The number of aromatic nitrogens is 3. The van der Waals surface area contributed by atoms with Crippen molar-refractivity contribution in [1.82, 2.24) is 14.5 Å². The number of rotatable bonds is 7. The largest absolute Gasteiger partial charge is 0.358 e. The van der Waals surface area contributed by atoms with Crippen LogP contribution in [-0.2, 0) is 19.4 Å². The van der Waals surface area contributed by atoms with Crippen molar-refractivity contribution in [3.05, 3.63) is 35.7 Å². The summed E-state index contributed by atoms with van der Waals surface area (Å²) in [4.78, 5) is 22.4. The van der Waals surface area contributed by atoms with Crippen molar-refractivity contribution in [2.75, 3.05) is 23.5 Å². The van der Waals surface area contributed by atoms with Gasteiger partial charge in [-0.2, -0.15) is 0 Å². The van der Waals surface area contributed by atoms with Crippen molar-refractivity contribution < 1.29 is 17.9 Å². The summed E-state index contributed by atoms with van der Waals surface area (Å²) in [5.41, 5.74) is 3.35. The van der Waals surface area contributed by atoms with E-state index in [4.69, 9.17) is 14.7 Å². The summed E-state index contributed by atoms with van der Waals surface area (Å²) in [5.74, 6) is 1.57. The van der Waals surface area contributed by atoms with E-state index in [1.54, 1.807) is 12.1 Å². The van der Waals surface area contributed by atoms with Crippen LogP contribution in [0.15, 0.2) is 29.2 Å². The number of benzene rings is 1. The molecule has 10 heteroatoms. The van der Waals surface area contributed by atoms with Crippen LogP contribution >= 0.6 is 0 Å². The summed E-state index contributed by atoms with van der Waals surface area (Å²) in [7, 11) is -3.49. The third kappa shape index (κ3) is 4.84. The van der Waals surface area contributed by atoms with E-state index in [9.17, 15) is 13.2 Å². The minimum Gasteiger partial charge on any atom is -0.358 e. The molecule has 37 heavy (non-hydrogen) atoms. The molecule has 3 fully saturated rings. The number of carbonyl (C=O) groups excluding carboxylic acids is 1. The van der Waals surface area contributed by atoms with Crippen molar-refractivity contribution in [2.24, 2.45) is 5.92 Å². The highest BCUT2D eigenvalue weighted by molar-refractivity contribution is 7.90. The topological polar surface area (TPSA) is 115 Å². The first-order chi connectivity index (χ1) is 17.8. The number of nitrogens with zero attached hydrogens (tertiary/aromatic N) is 3. The first-order valence-corrected chi connectivity index (χ1v) is 15.1. The Bertz CT molecular complexity index is 1470. The van der Waals surface area contributed by atoms with E-state index in [0.717, 1.165) is 56.3 Å². The maximum absolute atomic E-state index is 12.8. The molecule has 1 atom stereocenters. The maximum atomic E-state index is 12.8. The number of anilines is 3. The quantitative estimate of drug-likeness (QED) is 0.437. The molecule has 2 N–H and O–H groups in total. The van der Waals surface area contributed by atoms with Gasteiger partial charge in [0.1, 0.15) is 23.4 Å². The molecule has 2 aromatic heterocycles. The van der Waals surface area contributed by atoms with Gasteiger partial charge in [0.2, 0.25) is 5.91 Å². The molecule has 196 valence electrons. The standard InChI is InChI=1S/C27H33N5O4S/c1-16-28-25-21(29-20-12-11-19(17-6-5-7-17)14-22(20)37(2,34)35)15-23(31-27(33)18-9-10-18)30-26(25)32(16)24-8-3-4-13-36-24/h11-12,14-15,17-18,24H,3-10,13H2,1-2H3,(H2,29,30,31,33). The van der Waals surface area contributed by atoms with Gasteiger partial charge in [0.05, 0.1) is 16.3 Å². The highest BCUT2D eigenvalue weighted by Gasteiger charge is 2.31. The van der Waals surface area contributed by atoms with Gasteiger partial charge in [0.25, 0.3) is 0 Å². The number of carbonyl (C=O) groups is 1. The lowest BCUT2D eigenvalue weighted by molar-refractivity contribution is -0.117. The third-order valence-corrected chi connectivity index (χ3v) is 8.86. The second-order valence-corrected chi connectivity index (χ2v) is 12.6. The van der Waals surface area contributed by atoms with Crippen molar-refractivity contribution >= 4 is 44.1 Å². The zero-order chi connectivity index (χ0) is 25.7. The zero-order valence-corrected chi connectivity index (χ0v) is 22.1. The Morgan fingerprint density at radius 1 is 1.03 bits per heavy atom. The fraction of sp³-hybridized carbons (Fsp3) is 0.519. The van der Waals surface area contributed by atoms with Crippen LogP contribution in [0.3, 0.4) is 0 Å². The van der Waals surface area contributed by atoms with Gasteiger partial charge < -0.3 is 15.4 Å². The third-order valence-electron chi connectivity index (χ3n) is 7.72. The normalized spacial score (nSPS) is 20.5. The van der Waals surface area contributed by atoms with Gasteiger partial charge >= 0.3 is 0 Å². The average molecular weight is 524 g/mol. The number of pyridine rings is 1. The van der Waals surface area contributed by atoms with Crippen LogP contribution in [0.1, 0.15) is 74.9 Å². The Morgan fingerprint density at radius 2 is 1.84 bits per heavy atom. The van der Waals surface area contributed by atoms with Gasteiger partial charge in [0, 0.05) is 24.8 Å². The smallest absolute Gasteiger partial charge is 0.228 e. The maximum Gasteiger partial charge on any atom is 0.228 e. The van der Waals surface area contributed by atoms with E-state index in [-0.39, 0.29) is 22.9 Å². The van der Waals surface area contributed by atoms with Crippen molar-refractivity contribution in [3.8, 4) is 0 Å². The fourth-order valence-corrected chi connectivity index (χ4v) is 6.14. The molecule has 1 amide bonds. The monoisotopic (exact) mass is 523 g/mol. The molecule has 1 saturated heterocycles. The van der Waals surface area contributed by atoms with Gasteiger partial charge in [-0.05, 0) is 75.5 Å². The number of nitrogens with one attached hydrogen (secondary N) is 2. The second kappa shape index (κ2) is 9.40. The summed E-state index contributed by atoms with van der Waals surface area (Å²) in [6.45, 7) is 2.60. The van der Waals surface area contributed by atoms with Crippen LogP contribution in [0.2, 0.25) is 0 Å². The minimum absolute atomic E-state index is 0.0260. The number of amides is 1. The first kappa shape index (κ1) is 24.4. The summed E-state index contributed by atoms with van der Waals surface area (Å²) in [6, 6.07) is 7.39. The minimum atomic E-state index is -3.49. The molecule has 9 nitrogen and oxygen atoms in total. The molecule has 0 radical (unpaired) electrons. The molecule has 1 aromatic carbocycles. The molecule has 2 aliphatic carbocycles. The van der Waals surface area contributed by atoms with Crippen LogP contribution in [-0.4, -0.2) is 41.7 Å². The molecule has 2 saturated carbocycles. The lowest BCUT2D eigenvalue weighted by atomic mass is 9.80. The predicted octanol–water partition coefficient (Wildman–Crippen LogP) is 5.20. The molecule has 6 rings (SSSR count). The average Bonchev–Trinajstić information content (AvgIpc) is 3.62. The van der Waals surface area contributed by atoms with Gasteiger partial charge in [-0.25, -0.2) is 18.4 Å². The SMILES string of the molecule is Cc1nc2c(Nc3ccc(C4CCC4)cc3S(C)(=O)=O)cc(NC(=O)C3CC3)nc2n1C1CCCCO1. The lowest BCUT2D eigenvalue weighted by Gasteiger charge is -2.26. The fourth-order valence-electron chi connectivity index (χ4n) is 5.27. The summed E-state index contributed by atoms with van der Waals surface area (Å²) < 4.78 is 33.6. The molecule has 0 spiro atoms. The molecular weight excluding hydrogens is 490 g/mol. The highest BCUT2D eigenvalue weighted by atomic mass is 32.2. The Labute approximate surface area is 216 Å². The van der Waals surface area contributed by atoms with Crippen molar-refractivity contribution in [3.63, 3.8) is 0 Å². The second-order valence-electron chi connectivity index (χ2n) is 10.6. The van der Waals surface area contributed by atoms with Gasteiger partial charge in [-0.3, -0.25) is 9.36 Å². The zero-order valence-electron chi connectivity index (χ0n) is 21.3. The Hall–Kier alpha value is -2.98. The van der Waals surface area contributed by atoms with Gasteiger partial charge in [-0.1, -0.05) is 12.5 Å². The predicted molar refractivity (Wildman–Crippen MR) is 142 cm³/mol. The summed E-state index contributed by atoms with van der Waals surface area (Å²) in [6.07, 6.45) is 9.12. The number of sulfone groups is 1. The highest BCUT2D eigenvalue weighted by Crippen LogP contribution is 2.40. The van der Waals surface area contributed by atoms with E-state index in [0.29, 0.717) is 40.9 Å². The van der Waals surface area contributed by atoms with Gasteiger partial charge in [-0.15, -0.1) is 0 Å². The number of aryl methyl sites for hydroxylation is 1. The molecule has 3 heterocycles. The first-order valence-electron chi connectivity index (χ1n) is 13.2. The molecule has 3 aliphatic rings. The number of fused-ring (bicyclic) bond motifs is 1. The van der Waals surface area contributed by atoms with E-state index < -0.39 is 9.84 Å². The van der Waals surface area contributed by atoms with Gasteiger partial charge in [0.15, 0.2) is 15.5 Å². The Kier molecular flexibility index (Phi) is 6.19. The molecule has 0 bridgehead atoms. The van der Waals surface area contributed by atoms with E-state index in [2.05, 4.69) is 10.6 Å². The number of hydrogen-bond acceptors (Lipinski definition) is 7. The Morgan fingerprint density at radius 3 is 2.49 bits per heavy atom. The number of hydrogen-bond donors (Lipinski definition) is 2. The molecule has 1 aliphatic heterocycles. The molecular formula is C27H33N5O4S. The van der Waals surface area contributed by atoms with Crippen LogP contribution < -0.4 is 10.6 Å². The van der Waals surface area contributed by atoms with E-state index in [1.807, 2.05) is 23.6 Å². The summed E-state index contributed by atoms with van der Waals surface area (Å²) in [5, 5.41) is 6.29. The van der Waals surface area contributed by atoms with Crippen LogP contribution in [0, 0.1) is 12.8 Å². The van der Waals surface area contributed by atoms with Crippen molar-refractivity contribution in [1.29, 1.82) is 0 Å². The van der Waals surface area contributed by atoms with Crippen molar-refractivity contribution in [2.45, 2.75) is 75.3 Å². The summed E-state index contributed by atoms with van der Waals surface area (Å²) >= 11 is 0.